The van der Waals surface area contributed by atoms with Gasteiger partial charge in [-0.05, 0) is 48.9 Å². The number of carboxylic acid groups (broad SMARTS) is 1. The van der Waals surface area contributed by atoms with Crippen LogP contribution in [0.1, 0.15) is 41.3 Å². The van der Waals surface area contributed by atoms with Gasteiger partial charge in [0.25, 0.3) is 0 Å². The van der Waals surface area contributed by atoms with Crippen LogP contribution in [0.3, 0.4) is 0 Å². The lowest BCUT2D eigenvalue weighted by atomic mass is 9.90. The van der Waals surface area contributed by atoms with E-state index in [-0.39, 0.29) is 11.3 Å². The van der Waals surface area contributed by atoms with Gasteiger partial charge in [-0.3, -0.25) is 4.79 Å². The van der Waals surface area contributed by atoms with Crippen LogP contribution in [0.25, 0.3) is 0 Å². The van der Waals surface area contributed by atoms with E-state index in [1.54, 1.807) is 12.1 Å². The van der Waals surface area contributed by atoms with Crippen LogP contribution >= 0.6 is 0 Å². The van der Waals surface area contributed by atoms with Crippen molar-refractivity contribution in [3.05, 3.63) is 28.8 Å². The van der Waals surface area contributed by atoms with Gasteiger partial charge in [-0.1, -0.05) is 0 Å². The maximum absolute atomic E-state index is 11.1. The van der Waals surface area contributed by atoms with Crippen LogP contribution in [0.2, 0.25) is 0 Å². The summed E-state index contributed by atoms with van der Waals surface area (Å²) in [4.78, 5) is 22.0. The molecule has 0 bridgehead atoms. The number of esters is 1. The Morgan fingerprint density at radius 3 is 2.29 bits per heavy atom. The number of carboxylic acids is 1. The summed E-state index contributed by atoms with van der Waals surface area (Å²) in [6, 6.07) is 3.33. The lowest BCUT2D eigenvalue weighted by Gasteiger charge is -2.18. The van der Waals surface area contributed by atoms with Crippen LogP contribution in [0, 0.1) is 0 Å². The van der Waals surface area contributed by atoms with Gasteiger partial charge in [-0.25, -0.2) is 4.79 Å². The molecule has 0 saturated heterocycles. The molecular formula is C13H14O4. The summed E-state index contributed by atoms with van der Waals surface area (Å²) in [5.41, 5.74) is 2.22. The average Bonchev–Trinajstić information content (AvgIpc) is 2.27. The molecule has 0 fully saturated rings. The maximum atomic E-state index is 11.1. The first-order chi connectivity index (χ1) is 8.08. The van der Waals surface area contributed by atoms with Gasteiger partial charge in [0, 0.05) is 6.92 Å². The number of carbonyl (C=O) groups is 2. The average molecular weight is 234 g/mol. The molecule has 1 aliphatic carbocycles. The summed E-state index contributed by atoms with van der Waals surface area (Å²) in [5, 5.41) is 9.09. The van der Waals surface area contributed by atoms with Crippen molar-refractivity contribution < 1.29 is 19.4 Å². The van der Waals surface area contributed by atoms with Gasteiger partial charge in [-0.15, -0.1) is 0 Å². The second kappa shape index (κ2) is 4.57. The summed E-state index contributed by atoms with van der Waals surface area (Å²) >= 11 is 0. The smallest absolute Gasteiger partial charge is 0.339 e. The first-order valence-corrected chi connectivity index (χ1v) is 5.65. The third kappa shape index (κ3) is 2.46. The van der Waals surface area contributed by atoms with Crippen molar-refractivity contribution in [3.8, 4) is 5.75 Å². The standard InChI is InChI=1S/C13H14O4/c1-8(14)17-12-7-10-5-3-2-4-9(10)6-11(12)13(15)16/h6-7H,2-5H2,1H3,(H,15,16). The van der Waals surface area contributed by atoms with E-state index in [1.807, 2.05) is 0 Å². The van der Waals surface area contributed by atoms with Crippen molar-refractivity contribution in [1.29, 1.82) is 0 Å². The topological polar surface area (TPSA) is 63.6 Å². The molecule has 0 heterocycles. The third-order valence-corrected chi connectivity index (χ3v) is 2.93. The normalized spacial score (nSPS) is 13.9. The fraction of sp³-hybridized carbons (Fsp3) is 0.385. The van der Waals surface area contributed by atoms with E-state index in [2.05, 4.69) is 0 Å². The number of ether oxygens (including phenoxy) is 1. The fourth-order valence-electron chi connectivity index (χ4n) is 2.17. The molecule has 2 rings (SSSR count). The summed E-state index contributed by atoms with van der Waals surface area (Å²) in [6.45, 7) is 1.27. The van der Waals surface area contributed by atoms with Gasteiger partial charge in [0.1, 0.15) is 11.3 Å². The van der Waals surface area contributed by atoms with Gasteiger partial charge in [-0.2, -0.15) is 0 Å². The Kier molecular flexibility index (Phi) is 3.13. The van der Waals surface area contributed by atoms with E-state index in [1.165, 1.54) is 6.92 Å². The molecular weight excluding hydrogens is 220 g/mol. The molecule has 0 radical (unpaired) electrons. The highest BCUT2D eigenvalue weighted by molar-refractivity contribution is 5.92. The molecule has 1 N–H and O–H groups in total. The highest BCUT2D eigenvalue weighted by atomic mass is 16.5. The van der Waals surface area contributed by atoms with Crippen LogP contribution in [0.15, 0.2) is 12.1 Å². The number of carbonyl (C=O) groups excluding carboxylic acids is 1. The SMILES string of the molecule is CC(=O)Oc1cc2c(cc1C(=O)O)CCCC2. The first kappa shape index (κ1) is 11.6. The fourth-order valence-corrected chi connectivity index (χ4v) is 2.17. The lowest BCUT2D eigenvalue weighted by Crippen LogP contribution is -2.11. The van der Waals surface area contributed by atoms with Gasteiger partial charge in [0.15, 0.2) is 0 Å². The predicted molar refractivity (Wildman–Crippen MR) is 61.4 cm³/mol. The molecule has 1 aromatic carbocycles. The number of fused-ring (bicyclic) bond motifs is 1. The molecule has 0 amide bonds. The Balaban J connectivity index is 2.47. The third-order valence-electron chi connectivity index (χ3n) is 2.93. The number of benzene rings is 1. The minimum atomic E-state index is -1.06. The Bertz CT molecular complexity index is 477. The van der Waals surface area contributed by atoms with Gasteiger partial charge < -0.3 is 9.84 Å². The van der Waals surface area contributed by atoms with Crippen molar-refractivity contribution in [3.63, 3.8) is 0 Å². The number of rotatable bonds is 2. The van der Waals surface area contributed by atoms with Crippen molar-refractivity contribution in [2.45, 2.75) is 32.6 Å². The van der Waals surface area contributed by atoms with Crippen LogP contribution in [0.5, 0.6) is 5.75 Å². The summed E-state index contributed by atoms with van der Waals surface area (Å²) < 4.78 is 4.95. The Morgan fingerprint density at radius 1 is 1.18 bits per heavy atom. The van der Waals surface area contributed by atoms with Crippen LogP contribution < -0.4 is 4.74 Å². The van der Waals surface area contributed by atoms with Crippen LogP contribution in [0.4, 0.5) is 0 Å². The maximum Gasteiger partial charge on any atom is 0.339 e. The second-order valence-corrected chi connectivity index (χ2v) is 4.22. The highest BCUT2D eigenvalue weighted by Gasteiger charge is 2.19. The van der Waals surface area contributed by atoms with E-state index in [0.717, 1.165) is 36.8 Å². The molecule has 0 saturated carbocycles. The van der Waals surface area contributed by atoms with Crippen molar-refractivity contribution in [2.75, 3.05) is 0 Å². The largest absolute Gasteiger partial charge is 0.478 e. The van der Waals surface area contributed by atoms with Crippen molar-refractivity contribution in [2.24, 2.45) is 0 Å². The summed E-state index contributed by atoms with van der Waals surface area (Å²) in [7, 11) is 0. The molecule has 17 heavy (non-hydrogen) atoms. The minimum absolute atomic E-state index is 0.0702. The minimum Gasteiger partial charge on any atom is -0.478 e. The predicted octanol–water partition coefficient (Wildman–Crippen LogP) is 2.19. The monoisotopic (exact) mass is 234 g/mol. The molecule has 0 unspecified atom stereocenters. The molecule has 4 nitrogen and oxygen atoms in total. The number of hydrogen-bond donors (Lipinski definition) is 1. The second-order valence-electron chi connectivity index (χ2n) is 4.22. The summed E-state index contributed by atoms with van der Waals surface area (Å²) in [5.74, 6) is -1.40. The van der Waals surface area contributed by atoms with E-state index < -0.39 is 11.9 Å². The molecule has 90 valence electrons. The Hall–Kier alpha value is -1.84. The zero-order chi connectivity index (χ0) is 12.4. The van der Waals surface area contributed by atoms with Gasteiger partial charge in [0.2, 0.25) is 0 Å². The Morgan fingerprint density at radius 2 is 1.76 bits per heavy atom. The molecule has 0 aliphatic heterocycles. The Labute approximate surface area is 99.2 Å². The molecule has 4 heteroatoms. The van der Waals surface area contributed by atoms with Crippen molar-refractivity contribution in [1.82, 2.24) is 0 Å². The van der Waals surface area contributed by atoms with E-state index in [9.17, 15) is 9.59 Å². The highest BCUT2D eigenvalue weighted by Crippen LogP contribution is 2.29. The van der Waals surface area contributed by atoms with Gasteiger partial charge in [0.05, 0.1) is 0 Å². The number of hydrogen-bond acceptors (Lipinski definition) is 3. The van der Waals surface area contributed by atoms with Crippen LogP contribution in [-0.2, 0) is 17.6 Å². The van der Waals surface area contributed by atoms with E-state index in [4.69, 9.17) is 9.84 Å². The number of aryl methyl sites for hydroxylation is 2. The molecule has 1 aromatic rings. The molecule has 0 spiro atoms. The number of aromatic carboxylic acids is 1. The van der Waals surface area contributed by atoms with E-state index in [0.29, 0.717) is 0 Å². The van der Waals surface area contributed by atoms with E-state index >= 15 is 0 Å². The lowest BCUT2D eigenvalue weighted by molar-refractivity contribution is -0.131. The van der Waals surface area contributed by atoms with Crippen LogP contribution in [-0.4, -0.2) is 17.0 Å². The first-order valence-electron chi connectivity index (χ1n) is 5.65. The molecule has 0 aromatic heterocycles. The summed E-state index contributed by atoms with van der Waals surface area (Å²) in [6.07, 6.45) is 4.00. The zero-order valence-corrected chi connectivity index (χ0v) is 9.66. The molecule has 1 aliphatic rings. The quantitative estimate of drug-likeness (QED) is 0.629. The zero-order valence-electron chi connectivity index (χ0n) is 9.66. The van der Waals surface area contributed by atoms with Gasteiger partial charge >= 0.3 is 11.9 Å². The van der Waals surface area contributed by atoms with Crippen molar-refractivity contribution >= 4 is 11.9 Å². The molecule has 0 atom stereocenters.